The van der Waals surface area contributed by atoms with Gasteiger partial charge in [-0.25, -0.2) is 4.79 Å². The predicted molar refractivity (Wildman–Crippen MR) is 96.1 cm³/mol. The lowest BCUT2D eigenvalue weighted by Gasteiger charge is -2.01. The average Bonchev–Trinajstić information content (AvgIpc) is 3.11. The lowest BCUT2D eigenvalue weighted by atomic mass is 10.1. The van der Waals surface area contributed by atoms with Crippen molar-refractivity contribution in [1.82, 2.24) is 10.2 Å². The van der Waals surface area contributed by atoms with Crippen molar-refractivity contribution in [2.24, 2.45) is 5.10 Å². The van der Waals surface area contributed by atoms with E-state index in [1.54, 1.807) is 31.4 Å². The highest BCUT2D eigenvalue weighted by atomic mass is 32.1. The van der Waals surface area contributed by atoms with Crippen molar-refractivity contribution in [2.45, 2.75) is 0 Å². The van der Waals surface area contributed by atoms with Crippen LogP contribution in [0.3, 0.4) is 0 Å². The Bertz CT molecular complexity index is 909. The van der Waals surface area contributed by atoms with E-state index in [0.717, 1.165) is 11.3 Å². The maximum Gasteiger partial charge on any atom is 0.356 e. The van der Waals surface area contributed by atoms with Gasteiger partial charge in [0.15, 0.2) is 5.71 Å². The van der Waals surface area contributed by atoms with Gasteiger partial charge < -0.3 is 9.84 Å². The molecule has 0 saturated carbocycles. The van der Waals surface area contributed by atoms with Crippen LogP contribution >= 0.6 is 11.3 Å². The summed E-state index contributed by atoms with van der Waals surface area (Å²) < 4.78 is 5.19. The Morgan fingerprint density at radius 2 is 1.96 bits per heavy atom. The van der Waals surface area contributed by atoms with Crippen molar-refractivity contribution in [1.29, 1.82) is 0 Å². The highest BCUT2D eigenvalue weighted by Crippen LogP contribution is 2.28. The van der Waals surface area contributed by atoms with Crippen LogP contribution in [0, 0.1) is 0 Å². The SMILES string of the molecule is COc1cccc(-c2nnc(N/N=C(/C(=O)O)c3ccccc3)s2)c1. The number of hydrogen-bond acceptors (Lipinski definition) is 7. The zero-order valence-electron chi connectivity index (χ0n) is 13.2. The number of nitrogens with one attached hydrogen (secondary N) is 1. The number of ether oxygens (including phenoxy) is 1. The molecule has 7 nitrogen and oxygen atoms in total. The van der Waals surface area contributed by atoms with Gasteiger partial charge in [0.1, 0.15) is 10.8 Å². The van der Waals surface area contributed by atoms with E-state index in [9.17, 15) is 9.90 Å². The molecule has 1 heterocycles. The summed E-state index contributed by atoms with van der Waals surface area (Å²) in [7, 11) is 1.60. The summed E-state index contributed by atoms with van der Waals surface area (Å²) >= 11 is 1.27. The molecule has 25 heavy (non-hydrogen) atoms. The molecule has 0 atom stereocenters. The van der Waals surface area contributed by atoms with Crippen molar-refractivity contribution in [3.63, 3.8) is 0 Å². The number of benzene rings is 2. The monoisotopic (exact) mass is 354 g/mol. The third kappa shape index (κ3) is 3.99. The first-order chi connectivity index (χ1) is 12.2. The van der Waals surface area contributed by atoms with Gasteiger partial charge in [0.2, 0.25) is 5.13 Å². The van der Waals surface area contributed by atoms with Crippen LogP contribution in [0.4, 0.5) is 5.13 Å². The molecular weight excluding hydrogens is 340 g/mol. The molecule has 0 aliphatic rings. The van der Waals surface area contributed by atoms with Gasteiger partial charge in [0.25, 0.3) is 0 Å². The first kappa shape index (κ1) is 16.6. The van der Waals surface area contributed by atoms with Crippen molar-refractivity contribution in [2.75, 3.05) is 12.5 Å². The number of rotatable bonds is 6. The number of carboxylic acids is 1. The quantitative estimate of drug-likeness (QED) is 0.521. The summed E-state index contributed by atoms with van der Waals surface area (Å²) in [6.45, 7) is 0. The molecule has 0 spiro atoms. The Morgan fingerprint density at radius 3 is 2.68 bits per heavy atom. The number of methoxy groups -OCH3 is 1. The third-order valence-corrected chi connectivity index (χ3v) is 4.13. The van der Waals surface area contributed by atoms with Crippen molar-refractivity contribution in [3.05, 3.63) is 60.2 Å². The summed E-state index contributed by atoms with van der Waals surface area (Å²) in [6, 6.07) is 16.1. The molecule has 0 fully saturated rings. The molecule has 0 aliphatic heterocycles. The summed E-state index contributed by atoms with van der Waals surface area (Å²) in [5.74, 6) is -0.409. The lowest BCUT2D eigenvalue weighted by molar-refractivity contribution is -0.129. The lowest BCUT2D eigenvalue weighted by Crippen LogP contribution is -2.16. The molecule has 3 aromatic rings. The minimum atomic E-state index is -1.13. The fourth-order valence-corrected chi connectivity index (χ4v) is 2.76. The fourth-order valence-electron chi connectivity index (χ4n) is 2.08. The van der Waals surface area contributed by atoms with Crippen LogP contribution in [0.2, 0.25) is 0 Å². The second-order valence-electron chi connectivity index (χ2n) is 4.89. The van der Waals surface area contributed by atoms with Crippen LogP contribution < -0.4 is 10.2 Å². The number of nitrogens with zero attached hydrogens (tertiary/aromatic N) is 3. The highest BCUT2D eigenvalue weighted by molar-refractivity contribution is 7.18. The number of aromatic nitrogens is 2. The Hall–Kier alpha value is -3.26. The second-order valence-corrected chi connectivity index (χ2v) is 5.87. The van der Waals surface area contributed by atoms with Gasteiger partial charge in [-0.15, -0.1) is 10.2 Å². The molecule has 0 unspecified atom stereocenters. The van der Waals surface area contributed by atoms with E-state index in [1.165, 1.54) is 11.3 Å². The van der Waals surface area contributed by atoms with Gasteiger partial charge in [0, 0.05) is 11.1 Å². The van der Waals surface area contributed by atoms with E-state index in [1.807, 2.05) is 30.3 Å². The zero-order chi connectivity index (χ0) is 17.6. The van der Waals surface area contributed by atoms with Crippen LogP contribution in [-0.4, -0.2) is 34.1 Å². The van der Waals surface area contributed by atoms with Crippen LogP contribution in [0.15, 0.2) is 59.7 Å². The summed E-state index contributed by atoms with van der Waals surface area (Å²) in [5, 5.41) is 22.4. The van der Waals surface area contributed by atoms with Gasteiger partial charge in [-0.1, -0.05) is 53.8 Å². The molecule has 8 heteroatoms. The third-order valence-electron chi connectivity index (χ3n) is 3.25. The van der Waals surface area contributed by atoms with Crippen LogP contribution in [0.5, 0.6) is 5.75 Å². The molecule has 0 amide bonds. The Balaban J connectivity index is 1.81. The summed E-state index contributed by atoms with van der Waals surface area (Å²) in [5.41, 5.74) is 3.92. The van der Waals surface area contributed by atoms with Crippen molar-refractivity contribution in [3.8, 4) is 16.3 Å². The van der Waals surface area contributed by atoms with E-state index < -0.39 is 5.97 Å². The molecule has 0 bridgehead atoms. The Kier molecular flexibility index (Phi) is 5.00. The zero-order valence-corrected chi connectivity index (χ0v) is 14.0. The van der Waals surface area contributed by atoms with Crippen LogP contribution in [0.1, 0.15) is 5.56 Å². The van der Waals surface area contributed by atoms with Gasteiger partial charge in [0.05, 0.1) is 7.11 Å². The first-order valence-corrected chi connectivity index (χ1v) is 8.09. The van der Waals surface area contributed by atoms with E-state index >= 15 is 0 Å². The molecule has 0 radical (unpaired) electrons. The Morgan fingerprint density at radius 1 is 1.16 bits per heavy atom. The minimum Gasteiger partial charge on any atom is -0.497 e. The molecular formula is C17H14N4O3S. The predicted octanol–water partition coefficient (Wildman–Crippen LogP) is 3.11. The molecule has 0 saturated heterocycles. The number of aliphatic carboxylic acids is 1. The van der Waals surface area contributed by atoms with Gasteiger partial charge in [-0.05, 0) is 12.1 Å². The number of carboxylic acid groups (broad SMARTS) is 1. The average molecular weight is 354 g/mol. The molecule has 1 aromatic heterocycles. The number of hydrogen-bond donors (Lipinski definition) is 2. The van der Waals surface area contributed by atoms with E-state index in [0.29, 0.717) is 15.7 Å². The van der Waals surface area contributed by atoms with E-state index in [-0.39, 0.29) is 5.71 Å². The molecule has 126 valence electrons. The summed E-state index contributed by atoms with van der Waals surface area (Å²) in [6.07, 6.45) is 0. The molecule has 2 aromatic carbocycles. The largest absolute Gasteiger partial charge is 0.497 e. The topological polar surface area (TPSA) is 96.7 Å². The first-order valence-electron chi connectivity index (χ1n) is 7.27. The van der Waals surface area contributed by atoms with Crippen molar-refractivity contribution >= 4 is 28.1 Å². The summed E-state index contributed by atoms with van der Waals surface area (Å²) in [4.78, 5) is 11.4. The fraction of sp³-hybridized carbons (Fsp3) is 0.0588. The standard InChI is InChI=1S/C17H14N4O3S/c1-24-13-9-5-8-12(10-13)15-19-21-17(25-15)20-18-14(16(22)23)11-6-3-2-4-7-11/h2-10H,1H3,(H,20,21)(H,22,23)/b18-14+. The second kappa shape index (κ2) is 7.54. The number of anilines is 1. The van der Waals surface area contributed by atoms with Gasteiger partial charge in [-0.2, -0.15) is 5.10 Å². The smallest absolute Gasteiger partial charge is 0.356 e. The number of carbonyl (C=O) groups is 1. The minimum absolute atomic E-state index is 0.0984. The van der Waals surface area contributed by atoms with E-state index in [2.05, 4.69) is 20.7 Å². The maximum absolute atomic E-state index is 11.4. The van der Waals surface area contributed by atoms with Crippen LogP contribution in [0.25, 0.3) is 10.6 Å². The maximum atomic E-state index is 11.4. The van der Waals surface area contributed by atoms with Crippen molar-refractivity contribution < 1.29 is 14.6 Å². The molecule has 3 rings (SSSR count). The molecule has 0 aliphatic carbocycles. The molecule has 2 N–H and O–H groups in total. The Labute approximate surface area is 147 Å². The van der Waals surface area contributed by atoms with Crippen LogP contribution in [-0.2, 0) is 4.79 Å². The van der Waals surface area contributed by atoms with Gasteiger partial charge >= 0.3 is 5.97 Å². The highest BCUT2D eigenvalue weighted by Gasteiger charge is 2.13. The van der Waals surface area contributed by atoms with Gasteiger partial charge in [-0.3, -0.25) is 5.43 Å². The number of hydrazone groups is 1. The normalized spacial score (nSPS) is 11.2. The van der Waals surface area contributed by atoms with E-state index in [4.69, 9.17) is 4.74 Å².